The second-order valence-corrected chi connectivity index (χ2v) is 18.8. The van der Waals surface area contributed by atoms with Crippen LogP contribution in [-0.2, 0) is 28.6 Å². The summed E-state index contributed by atoms with van der Waals surface area (Å²) in [6.45, 7) is 6.48. The fourth-order valence-electron chi connectivity index (χ4n) is 7.81. The molecule has 1 atom stereocenters. The molecular weight excluding hydrogens is 841 g/mol. The lowest BCUT2D eigenvalue weighted by molar-refractivity contribution is -0.167. The van der Waals surface area contributed by atoms with Crippen molar-refractivity contribution in [2.45, 2.75) is 277 Å². The van der Waals surface area contributed by atoms with Gasteiger partial charge in [-0.25, -0.2) is 0 Å². The van der Waals surface area contributed by atoms with Crippen LogP contribution in [0.3, 0.4) is 0 Å². The Kier molecular flexibility index (Phi) is 53.4. The molecule has 0 fully saturated rings. The normalized spacial score (nSPS) is 12.7. The minimum atomic E-state index is -0.794. The first kappa shape index (κ1) is 64.6. The zero-order chi connectivity index (χ0) is 49.3. The molecule has 0 aromatic rings. The van der Waals surface area contributed by atoms with Gasteiger partial charge in [-0.05, 0) is 116 Å². The maximum atomic E-state index is 12.8. The van der Waals surface area contributed by atoms with Crippen molar-refractivity contribution in [3.8, 4) is 0 Å². The van der Waals surface area contributed by atoms with Crippen molar-refractivity contribution in [3.63, 3.8) is 0 Å². The van der Waals surface area contributed by atoms with Crippen LogP contribution in [0.5, 0.6) is 0 Å². The summed E-state index contributed by atoms with van der Waals surface area (Å²) in [5.74, 6) is -0.922. The van der Waals surface area contributed by atoms with Crippen LogP contribution in [0.4, 0.5) is 0 Å². The predicted molar refractivity (Wildman–Crippen MR) is 293 cm³/mol. The maximum absolute atomic E-state index is 12.8. The van der Waals surface area contributed by atoms with Gasteiger partial charge < -0.3 is 14.2 Å². The van der Waals surface area contributed by atoms with Crippen LogP contribution < -0.4 is 0 Å². The van der Waals surface area contributed by atoms with Crippen molar-refractivity contribution in [2.75, 3.05) is 13.2 Å². The van der Waals surface area contributed by atoms with Gasteiger partial charge in [0.1, 0.15) is 13.2 Å². The molecule has 0 aromatic carbocycles. The first-order chi connectivity index (χ1) is 33.5. The molecule has 0 saturated carbocycles. The average Bonchev–Trinajstić information content (AvgIpc) is 3.34. The molecule has 0 saturated heterocycles. The van der Waals surface area contributed by atoms with E-state index in [-0.39, 0.29) is 31.1 Å². The van der Waals surface area contributed by atoms with E-state index in [1.54, 1.807) is 0 Å². The molecule has 6 heteroatoms. The van der Waals surface area contributed by atoms with Crippen LogP contribution in [0.15, 0.2) is 85.1 Å². The largest absolute Gasteiger partial charge is 0.462 e. The molecule has 0 spiro atoms. The van der Waals surface area contributed by atoms with Crippen LogP contribution in [0.1, 0.15) is 271 Å². The summed E-state index contributed by atoms with van der Waals surface area (Å²) >= 11 is 0. The van der Waals surface area contributed by atoms with Gasteiger partial charge in [-0.3, -0.25) is 14.4 Å². The lowest BCUT2D eigenvalue weighted by Crippen LogP contribution is -2.30. The summed E-state index contributed by atoms with van der Waals surface area (Å²) in [6.07, 6.45) is 72.8. The van der Waals surface area contributed by atoms with Crippen LogP contribution in [0, 0.1) is 0 Å². The van der Waals surface area contributed by atoms with E-state index in [2.05, 4.69) is 106 Å². The van der Waals surface area contributed by atoms with Crippen molar-refractivity contribution in [1.29, 1.82) is 0 Å². The number of hydrogen-bond acceptors (Lipinski definition) is 6. The third-order valence-electron chi connectivity index (χ3n) is 12.1. The number of ether oxygens (including phenoxy) is 3. The summed E-state index contributed by atoms with van der Waals surface area (Å²) in [6, 6.07) is 0. The highest BCUT2D eigenvalue weighted by Crippen LogP contribution is 2.14. The second kappa shape index (κ2) is 56.2. The highest BCUT2D eigenvalue weighted by Gasteiger charge is 2.19. The van der Waals surface area contributed by atoms with Gasteiger partial charge in [0.05, 0.1) is 0 Å². The summed E-state index contributed by atoms with van der Waals surface area (Å²) in [4.78, 5) is 38.2. The molecule has 0 heterocycles. The molecule has 0 aliphatic carbocycles. The molecule has 0 amide bonds. The Labute approximate surface area is 420 Å². The van der Waals surface area contributed by atoms with Crippen molar-refractivity contribution in [1.82, 2.24) is 0 Å². The Balaban J connectivity index is 4.44. The Hall–Kier alpha value is -3.41. The zero-order valence-electron chi connectivity index (χ0n) is 44.6. The van der Waals surface area contributed by atoms with Gasteiger partial charge in [0.2, 0.25) is 0 Å². The number of unbranched alkanes of at least 4 members (excludes halogenated alkanes) is 26. The van der Waals surface area contributed by atoms with Crippen LogP contribution >= 0.6 is 0 Å². The first-order valence-corrected chi connectivity index (χ1v) is 28.6. The summed E-state index contributed by atoms with van der Waals surface area (Å²) < 4.78 is 16.8. The van der Waals surface area contributed by atoms with E-state index in [9.17, 15) is 14.4 Å². The molecule has 0 bridgehead atoms. The molecular formula is C62H106O6. The quantitative estimate of drug-likeness (QED) is 0.0262. The fourth-order valence-corrected chi connectivity index (χ4v) is 7.81. The van der Waals surface area contributed by atoms with Gasteiger partial charge in [0.25, 0.3) is 0 Å². The average molecular weight is 948 g/mol. The lowest BCUT2D eigenvalue weighted by Gasteiger charge is -2.18. The molecule has 0 rings (SSSR count). The topological polar surface area (TPSA) is 78.9 Å². The van der Waals surface area contributed by atoms with Crippen molar-refractivity contribution in [3.05, 3.63) is 85.1 Å². The van der Waals surface area contributed by atoms with Crippen molar-refractivity contribution < 1.29 is 28.6 Å². The predicted octanol–water partition coefficient (Wildman–Crippen LogP) is 19.2. The molecule has 0 aliphatic heterocycles. The van der Waals surface area contributed by atoms with Crippen molar-refractivity contribution >= 4 is 17.9 Å². The number of rotatable bonds is 51. The third-order valence-corrected chi connectivity index (χ3v) is 12.1. The number of hydrogen-bond donors (Lipinski definition) is 0. The van der Waals surface area contributed by atoms with E-state index in [0.717, 1.165) is 128 Å². The van der Waals surface area contributed by atoms with E-state index >= 15 is 0 Å². The third kappa shape index (κ3) is 53.5. The highest BCUT2D eigenvalue weighted by atomic mass is 16.6. The highest BCUT2D eigenvalue weighted by molar-refractivity contribution is 5.71. The van der Waals surface area contributed by atoms with Gasteiger partial charge >= 0.3 is 17.9 Å². The van der Waals surface area contributed by atoms with E-state index in [4.69, 9.17) is 14.2 Å². The van der Waals surface area contributed by atoms with Gasteiger partial charge in [-0.15, -0.1) is 0 Å². The Bertz CT molecular complexity index is 1320. The molecule has 0 radical (unpaired) electrons. The van der Waals surface area contributed by atoms with Crippen LogP contribution in [-0.4, -0.2) is 37.2 Å². The fraction of sp³-hybridized carbons (Fsp3) is 0.726. The summed E-state index contributed by atoms with van der Waals surface area (Å²) in [7, 11) is 0. The van der Waals surface area contributed by atoms with Crippen molar-refractivity contribution in [2.24, 2.45) is 0 Å². The van der Waals surface area contributed by atoms with E-state index in [0.29, 0.717) is 19.3 Å². The molecule has 1 unspecified atom stereocenters. The zero-order valence-corrected chi connectivity index (χ0v) is 44.6. The summed E-state index contributed by atoms with van der Waals surface area (Å²) in [5.41, 5.74) is 0. The first-order valence-electron chi connectivity index (χ1n) is 28.6. The molecule has 6 nitrogen and oxygen atoms in total. The Morgan fingerprint density at radius 2 is 0.574 bits per heavy atom. The number of carbonyl (C=O) groups excluding carboxylic acids is 3. The number of carbonyl (C=O) groups is 3. The molecule has 0 N–H and O–H groups in total. The number of allylic oxidation sites excluding steroid dienone is 14. The smallest absolute Gasteiger partial charge is 0.306 e. The van der Waals surface area contributed by atoms with Gasteiger partial charge in [0, 0.05) is 19.3 Å². The van der Waals surface area contributed by atoms with Crippen LogP contribution in [0.25, 0.3) is 0 Å². The van der Waals surface area contributed by atoms with E-state index in [1.165, 1.54) is 103 Å². The monoisotopic (exact) mass is 947 g/mol. The standard InChI is InChI=1S/C62H106O6/c1-4-7-10-13-16-19-22-25-28-30-31-32-35-37-40-43-46-49-52-55-61(64)67-58-59(57-66-60(63)54-51-48-45-42-39-36-33-27-24-21-18-15-12-9-6-3)68-62(65)56-53-50-47-44-41-38-34-29-26-23-20-17-14-11-8-5-2/h7,10,16,19-20,23,25,27-29,31-34,59H,4-6,8-9,11-15,17-18,21-22,24,26,30,35-58H2,1-3H3/b10-7-,19-16-,23-20-,28-25-,32-31-,33-27-,34-29-. The Morgan fingerprint density at radius 3 is 0.926 bits per heavy atom. The van der Waals surface area contributed by atoms with Gasteiger partial charge in [0.15, 0.2) is 6.10 Å². The van der Waals surface area contributed by atoms with Gasteiger partial charge in [-0.1, -0.05) is 221 Å². The van der Waals surface area contributed by atoms with Crippen LogP contribution in [0.2, 0.25) is 0 Å². The van der Waals surface area contributed by atoms with E-state index in [1.807, 2.05) is 0 Å². The minimum Gasteiger partial charge on any atom is -0.462 e. The Morgan fingerprint density at radius 1 is 0.309 bits per heavy atom. The second-order valence-electron chi connectivity index (χ2n) is 18.8. The SMILES string of the molecule is CC/C=C\C/C=C\C/C=C\C/C=C\CCCCCCCCC(=O)OCC(COC(=O)CCCCCCC/C=C\CCCCCCCC)OC(=O)CCCCCCC/C=C\C/C=C\CCCCCC. The molecule has 390 valence electrons. The number of esters is 3. The lowest BCUT2D eigenvalue weighted by atomic mass is 10.1. The minimum absolute atomic E-state index is 0.0912. The molecule has 68 heavy (non-hydrogen) atoms. The maximum Gasteiger partial charge on any atom is 0.306 e. The van der Waals surface area contributed by atoms with Gasteiger partial charge in [-0.2, -0.15) is 0 Å². The summed E-state index contributed by atoms with van der Waals surface area (Å²) in [5, 5.41) is 0. The molecule has 0 aliphatic rings. The van der Waals surface area contributed by atoms with E-state index < -0.39 is 6.10 Å². The molecule has 0 aromatic heterocycles.